The summed E-state index contributed by atoms with van der Waals surface area (Å²) in [6.45, 7) is 4.61. The van der Waals surface area contributed by atoms with Gasteiger partial charge in [0.05, 0.1) is 38.0 Å². The molecule has 2 aromatic carbocycles. The Bertz CT molecular complexity index is 895. The van der Waals surface area contributed by atoms with Crippen LogP contribution >= 0.6 is 0 Å². The number of rotatable bonds is 7. The number of quaternary nitrogens is 1. The predicted molar refractivity (Wildman–Crippen MR) is 114 cm³/mol. The highest BCUT2D eigenvalue weighted by Gasteiger charge is 2.31. The van der Waals surface area contributed by atoms with Gasteiger partial charge in [0.15, 0.2) is 6.54 Å². The van der Waals surface area contributed by atoms with Crippen molar-refractivity contribution in [2.45, 2.75) is 18.7 Å². The third-order valence-corrected chi connectivity index (χ3v) is 7.52. The minimum absolute atomic E-state index is 0.00985. The largest absolute Gasteiger partial charge is 0.334 e. The van der Waals surface area contributed by atoms with Gasteiger partial charge in [-0.2, -0.15) is 4.31 Å². The van der Waals surface area contributed by atoms with E-state index < -0.39 is 10.0 Å². The molecule has 1 fully saturated rings. The van der Waals surface area contributed by atoms with E-state index in [2.05, 4.69) is 0 Å². The van der Waals surface area contributed by atoms with E-state index in [0.29, 0.717) is 32.7 Å². The van der Waals surface area contributed by atoms with Crippen molar-refractivity contribution >= 4 is 15.9 Å². The van der Waals surface area contributed by atoms with Crippen molar-refractivity contribution in [2.75, 3.05) is 39.8 Å². The van der Waals surface area contributed by atoms with E-state index in [4.69, 9.17) is 0 Å². The van der Waals surface area contributed by atoms with E-state index in [0.717, 1.165) is 16.0 Å². The fourth-order valence-electron chi connectivity index (χ4n) is 3.64. The molecule has 2 aromatic rings. The van der Waals surface area contributed by atoms with Crippen LogP contribution in [0.2, 0.25) is 0 Å². The van der Waals surface area contributed by atoms with Crippen LogP contribution < -0.4 is 4.90 Å². The highest BCUT2D eigenvalue weighted by atomic mass is 32.2. The molecule has 0 saturated carbocycles. The molecule has 1 N–H and O–H groups in total. The van der Waals surface area contributed by atoms with Crippen LogP contribution in [-0.4, -0.2) is 63.3 Å². The van der Waals surface area contributed by atoms with E-state index in [1.54, 1.807) is 9.21 Å². The normalized spacial score (nSPS) is 17.0. The second-order valence-corrected chi connectivity index (χ2v) is 9.63. The van der Waals surface area contributed by atoms with Gasteiger partial charge in [0, 0.05) is 7.05 Å². The first-order valence-electron chi connectivity index (χ1n) is 10.0. The van der Waals surface area contributed by atoms with Crippen LogP contribution in [0.15, 0.2) is 60.7 Å². The molecule has 0 aromatic heterocycles. The van der Waals surface area contributed by atoms with Crippen LogP contribution in [0, 0.1) is 0 Å². The van der Waals surface area contributed by atoms with E-state index >= 15 is 0 Å². The second-order valence-electron chi connectivity index (χ2n) is 7.66. The minimum atomic E-state index is -3.33. The number of piperazine rings is 1. The zero-order chi connectivity index (χ0) is 20.9. The van der Waals surface area contributed by atoms with Crippen molar-refractivity contribution in [1.82, 2.24) is 9.21 Å². The summed E-state index contributed by atoms with van der Waals surface area (Å²) in [5, 5.41) is 0. The van der Waals surface area contributed by atoms with Crippen molar-refractivity contribution in [3.63, 3.8) is 0 Å². The lowest BCUT2D eigenvalue weighted by Gasteiger charge is -2.33. The van der Waals surface area contributed by atoms with Gasteiger partial charge in [-0.25, -0.2) is 8.42 Å². The molecule has 0 aliphatic carbocycles. The zero-order valence-corrected chi connectivity index (χ0v) is 17.9. The quantitative estimate of drug-likeness (QED) is 0.731. The third kappa shape index (κ3) is 5.65. The molecular weight excluding hydrogens is 386 g/mol. The van der Waals surface area contributed by atoms with Gasteiger partial charge >= 0.3 is 0 Å². The predicted octanol–water partition coefficient (Wildman–Crippen LogP) is 0.937. The Balaban J connectivity index is 1.51. The number of likely N-dealkylation sites (N-methyl/N-ethyl adjacent to an activating group) is 1. The molecule has 0 radical (unpaired) electrons. The molecule has 7 heteroatoms. The average Bonchev–Trinajstić information content (AvgIpc) is 2.74. The number of nitrogens with zero attached hydrogens (tertiary/aromatic N) is 2. The Morgan fingerprint density at radius 1 is 1.03 bits per heavy atom. The number of hydrogen-bond donors (Lipinski definition) is 1. The monoisotopic (exact) mass is 416 g/mol. The number of amides is 1. The molecule has 0 unspecified atom stereocenters. The molecule has 0 spiro atoms. The zero-order valence-electron chi connectivity index (χ0n) is 17.1. The number of nitrogens with one attached hydrogen (secondary N) is 1. The summed E-state index contributed by atoms with van der Waals surface area (Å²) >= 11 is 0. The molecule has 3 rings (SSSR count). The molecule has 1 atom stereocenters. The Labute approximate surface area is 173 Å². The molecular formula is C22H30N3O3S+. The van der Waals surface area contributed by atoms with Crippen molar-refractivity contribution in [3.8, 4) is 0 Å². The Morgan fingerprint density at radius 3 is 2.17 bits per heavy atom. The number of benzene rings is 2. The topological polar surface area (TPSA) is 62.1 Å². The number of hydrogen-bond acceptors (Lipinski definition) is 3. The third-order valence-electron chi connectivity index (χ3n) is 5.67. The van der Waals surface area contributed by atoms with Gasteiger partial charge in [-0.1, -0.05) is 60.7 Å². The van der Waals surface area contributed by atoms with Crippen LogP contribution in [0.3, 0.4) is 0 Å². The molecule has 1 heterocycles. The first kappa shape index (κ1) is 21.5. The van der Waals surface area contributed by atoms with E-state index in [1.165, 1.54) is 0 Å². The van der Waals surface area contributed by atoms with E-state index in [1.807, 2.05) is 74.6 Å². The molecule has 1 saturated heterocycles. The number of sulfonamides is 1. The van der Waals surface area contributed by atoms with Gasteiger partial charge in [0.25, 0.3) is 5.91 Å². The van der Waals surface area contributed by atoms with Crippen LogP contribution in [0.5, 0.6) is 0 Å². The van der Waals surface area contributed by atoms with Crippen LogP contribution in [0.1, 0.15) is 24.1 Å². The molecule has 6 nitrogen and oxygen atoms in total. The fraction of sp³-hybridized carbons (Fsp3) is 0.409. The molecule has 29 heavy (non-hydrogen) atoms. The van der Waals surface area contributed by atoms with Crippen molar-refractivity contribution in [3.05, 3.63) is 71.8 Å². The van der Waals surface area contributed by atoms with Gasteiger partial charge in [-0.15, -0.1) is 0 Å². The maximum atomic E-state index is 12.7. The molecule has 1 amide bonds. The first-order valence-corrected chi connectivity index (χ1v) is 11.6. The maximum Gasteiger partial charge on any atom is 0.278 e. The smallest absolute Gasteiger partial charge is 0.278 e. The van der Waals surface area contributed by atoms with Gasteiger partial charge in [-0.3, -0.25) is 4.79 Å². The van der Waals surface area contributed by atoms with Gasteiger partial charge < -0.3 is 9.80 Å². The Hall–Kier alpha value is -2.22. The highest BCUT2D eigenvalue weighted by molar-refractivity contribution is 7.88. The summed E-state index contributed by atoms with van der Waals surface area (Å²) in [6.07, 6.45) is 0. The average molecular weight is 417 g/mol. The summed E-state index contributed by atoms with van der Waals surface area (Å²) < 4.78 is 26.9. The van der Waals surface area contributed by atoms with Gasteiger partial charge in [0.2, 0.25) is 10.0 Å². The van der Waals surface area contributed by atoms with Gasteiger partial charge in [-0.05, 0) is 18.1 Å². The summed E-state index contributed by atoms with van der Waals surface area (Å²) in [5.74, 6) is 0.108. The van der Waals surface area contributed by atoms with E-state index in [-0.39, 0.29) is 17.7 Å². The summed E-state index contributed by atoms with van der Waals surface area (Å²) in [5.41, 5.74) is 1.91. The standard InChI is InChI=1S/C22H29N3O3S/c1-19(21-11-7-4-8-12-21)23(2)22(26)17-24-13-15-25(16-14-24)29(27,28)18-20-9-5-3-6-10-20/h3-12,19H,13-18H2,1-2H3/p+1/t19-/m0/s1. The lowest BCUT2D eigenvalue weighted by molar-refractivity contribution is -0.896. The Kier molecular flexibility index (Phi) is 7.05. The Morgan fingerprint density at radius 2 is 1.59 bits per heavy atom. The summed E-state index contributed by atoms with van der Waals surface area (Å²) in [6, 6.07) is 19.2. The fourth-order valence-corrected chi connectivity index (χ4v) is 5.18. The SMILES string of the molecule is C[C@@H](c1ccccc1)N(C)C(=O)C[NH+]1CCN(S(=O)(=O)Cc2ccccc2)CC1. The van der Waals surface area contributed by atoms with Crippen molar-refractivity contribution in [2.24, 2.45) is 0 Å². The van der Waals surface area contributed by atoms with Crippen LogP contribution in [-0.2, 0) is 20.6 Å². The van der Waals surface area contributed by atoms with Crippen molar-refractivity contribution < 1.29 is 18.1 Å². The second kappa shape index (κ2) is 9.52. The van der Waals surface area contributed by atoms with Gasteiger partial charge in [0.1, 0.15) is 0 Å². The lowest BCUT2D eigenvalue weighted by atomic mass is 10.1. The first-order chi connectivity index (χ1) is 13.9. The maximum absolute atomic E-state index is 12.7. The van der Waals surface area contributed by atoms with E-state index in [9.17, 15) is 13.2 Å². The molecule has 0 bridgehead atoms. The van der Waals surface area contributed by atoms with Crippen LogP contribution in [0.25, 0.3) is 0 Å². The van der Waals surface area contributed by atoms with Crippen LogP contribution in [0.4, 0.5) is 0 Å². The highest BCUT2D eigenvalue weighted by Crippen LogP contribution is 2.17. The number of carbonyl (C=O) groups excluding carboxylic acids is 1. The molecule has 1 aliphatic heterocycles. The molecule has 156 valence electrons. The number of carbonyl (C=O) groups is 1. The summed E-state index contributed by atoms with van der Waals surface area (Å²) in [4.78, 5) is 15.6. The summed E-state index contributed by atoms with van der Waals surface area (Å²) in [7, 11) is -1.50. The lowest BCUT2D eigenvalue weighted by Crippen LogP contribution is -3.15. The molecule has 1 aliphatic rings. The van der Waals surface area contributed by atoms with Crippen molar-refractivity contribution in [1.29, 1.82) is 0 Å². The minimum Gasteiger partial charge on any atom is -0.334 e.